The number of amides is 1. The Kier molecular flexibility index (Phi) is 6.33. The minimum atomic E-state index is -0.548. The summed E-state index contributed by atoms with van der Waals surface area (Å²) in [6.07, 6.45) is 0.256. The maximum atomic E-state index is 14.3. The van der Waals surface area contributed by atoms with Crippen molar-refractivity contribution in [2.24, 2.45) is 5.16 Å². The first-order valence-corrected chi connectivity index (χ1v) is 10.5. The average Bonchev–Trinajstić information content (AvgIpc) is 3.22. The van der Waals surface area contributed by atoms with Gasteiger partial charge in [-0.3, -0.25) is 4.79 Å². The molecular weight excluding hydrogens is 415 g/mol. The lowest BCUT2D eigenvalue weighted by atomic mass is 10.00. The van der Waals surface area contributed by atoms with E-state index in [0.717, 1.165) is 22.4 Å². The summed E-state index contributed by atoms with van der Waals surface area (Å²) in [6, 6.07) is 21.3. The predicted octanol–water partition coefficient (Wildman–Crippen LogP) is 5.62. The van der Waals surface area contributed by atoms with Crippen LogP contribution in [-0.4, -0.2) is 29.2 Å². The maximum Gasteiger partial charge on any atom is 0.257 e. The number of rotatable bonds is 6. The van der Waals surface area contributed by atoms with Crippen molar-refractivity contribution in [3.8, 4) is 0 Å². The van der Waals surface area contributed by atoms with Crippen LogP contribution in [0.15, 0.2) is 78.0 Å². The summed E-state index contributed by atoms with van der Waals surface area (Å²) in [6.45, 7) is 2.59. The van der Waals surface area contributed by atoms with Crippen LogP contribution >= 0.6 is 11.6 Å². The second-order valence-electron chi connectivity index (χ2n) is 7.58. The number of aryl methyl sites for hydroxylation is 1. The zero-order valence-electron chi connectivity index (χ0n) is 17.1. The molecule has 3 aromatic carbocycles. The van der Waals surface area contributed by atoms with E-state index in [9.17, 15) is 9.18 Å². The van der Waals surface area contributed by atoms with Crippen LogP contribution in [-0.2, 0) is 11.4 Å². The molecule has 0 N–H and O–H groups in total. The summed E-state index contributed by atoms with van der Waals surface area (Å²) in [7, 11) is 0. The van der Waals surface area contributed by atoms with Crippen molar-refractivity contribution in [1.82, 2.24) is 4.90 Å². The molecule has 0 saturated carbocycles. The molecule has 0 aliphatic carbocycles. The van der Waals surface area contributed by atoms with Crippen molar-refractivity contribution < 1.29 is 14.0 Å². The first kappa shape index (κ1) is 21.1. The van der Waals surface area contributed by atoms with Crippen LogP contribution < -0.4 is 0 Å². The summed E-state index contributed by atoms with van der Waals surface area (Å²) in [5.41, 5.74) is 3.89. The van der Waals surface area contributed by atoms with Gasteiger partial charge in [-0.2, -0.15) is 0 Å². The fourth-order valence-electron chi connectivity index (χ4n) is 3.71. The van der Waals surface area contributed by atoms with Crippen molar-refractivity contribution in [1.29, 1.82) is 0 Å². The van der Waals surface area contributed by atoms with Gasteiger partial charge in [-0.1, -0.05) is 65.3 Å². The third-order valence-corrected chi connectivity index (χ3v) is 5.50. The highest BCUT2D eigenvalue weighted by Gasteiger charge is 2.28. The lowest BCUT2D eigenvalue weighted by Gasteiger charge is -2.25. The Morgan fingerprint density at radius 2 is 1.90 bits per heavy atom. The maximum absolute atomic E-state index is 14.3. The van der Waals surface area contributed by atoms with Gasteiger partial charge in [0.15, 0.2) is 6.10 Å². The molecule has 0 bridgehead atoms. The molecule has 0 unspecified atom stereocenters. The van der Waals surface area contributed by atoms with E-state index >= 15 is 0 Å². The first-order valence-electron chi connectivity index (χ1n) is 10.1. The molecule has 0 radical (unpaired) electrons. The number of oxime groups is 1. The molecular formula is C25H22ClFN2O2. The fraction of sp³-hybridized carbons (Fsp3) is 0.200. The van der Waals surface area contributed by atoms with Gasteiger partial charge in [-0.25, -0.2) is 4.39 Å². The van der Waals surface area contributed by atoms with Crippen LogP contribution in [0.2, 0.25) is 5.02 Å². The van der Waals surface area contributed by atoms with E-state index in [-0.39, 0.29) is 24.8 Å². The molecule has 1 atom stereocenters. The Morgan fingerprint density at radius 1 is 1.13 bits per heavy atom. The second kappa shape index (κ2) is 9.31. The molecule has 4 rings (SSSR count). The first-order chi connectivity index (χ1) is 15.0. The van der Waals surface area contributed by atoms with Gasteiger partial charge in [0.1, 0.15) is 5.82 Å². The van der Waals surface area contributed by atoms with Crippen LogP contribution in [0.25, 0.3) is 0 Å². The van der Waals surface area contributed by atoms with Crippen molar-refractivity contribution in [3.63, 3.8) is 0 Å². The third kappa shape index (κ3) is 4.94. The zero-order valence-corrected chi connectivity index (χ0v) is 17.8. The van der Waals surface area contributed by atoms with Gasteiger partial charge in [0.2, 0.25) is 0 Å². The molecule has 0 spiro atoms. The summed E-state index contributed by atoms with van der Waals surface area (Å²) in [5.74, 6) is -0.946. The monoisotopic (exact) mass is 436 g/mol. The molecule has 1 heterocycles. The smallest absolute Gasteiger partial charge is 0.257 e. The Labute approximate surface area is 185 Å². The summed E-state index contributed by atoms with van der Waals surface area (Å²) in [5, 5.41) is 4.84. The largest absolute Gasteiger partial charge is 0.390 e. The van der Waals surface area contributed by atoms with E-state index in [0.29, 0.717) is 11.4 Å². The highest BCUT2D eigenvalue weighted by atomic mass is 35.5. The topological polar surface area (TPSA) is 41.9 Å². The van der Waals surface area contributed by atoms with Gasteiger partial charge in [0.05, 0.1) is 17.8 Å². The highest BCUT2D eigenvalue weighted by Crippen LogP contribution is 2.22. The number of hydrogen-bond donors (Lipinski definition) is 0. The number of carbonyl (C=O) groups excluding carboxylic acids is 1. The molecule has 1 aliphatic rings. The standard InChI is InChI=1S/C25H22ClFN2O2/c1-17-7-2-3-10-21(17)24-14-20(31-28-24)16-29(15-18-8-6-9-19(26)13-18)25(30)22-11-4-5-12-23(22)27/h2-13,20H,14-16H2,1H3/t20-/m1/s1. The Hall–Kier alpha value is -3.18. The molecule has 3 aromatic rings. The number of benzene rings is 3. The second-order valence-corrected chi connectivity index (χ2v) is 8.02. The van der Waals surface area contributed by atoms with E-state index < -0.39 is 11.7 Å². The van der Waals surface area contributed by atoms with Gasteiger partial charge >= 0.3 is 0 Å². The molecule has 0 fully saturated rings. The molecule has 158 valence electrons. The Balaban J connectivity index is 1.54. The number of hydrogen-bond acceptors (Lipinski definition) is 3. The number of carbonyl (C=O) groups is 1. The summed E-state index contributed by atoms with van der Waals surface area (Å²) >= 11 is 6.12. The lowest BCUT2D eigenvalue weighted by Crippen LogP contribution is -2.37. The van der Waals surface area contributed by atoms with Crippen molar-refractivity contribution in [2.45, 2.75) is 26.0 Å². The van der Waals surface area contributed by atoms with E-state index in [1.54, 1.807) is 29.2 Å². The van der Waals surface area contributed by atoms with E-state index in [1.165, 1.54) is 12.1 Å². The Bertz CT molecular complexity index is 1130. The van der Waals surface area contributed by atoms with E-state index in [1.807, 2.05) is 43.3 Å². The van der Waals surface area contributed by atoms with E-state index in [2.05, 4.69) is 5.16 Å². The molecule has 31 heavy (non-hydrogen) atoms. The minimum absolute atomic E-state index is 0.0302. The van der Waals surface area contributed by atoms with Gasteiger partial charge < -0.3 is 9.74 Å². The Morgan fingerprint density at radius 3 is 2.68 bits per heavy atom. The van der Waals surface area contributed by atoms with Crippen molar-refractivity contribution in [2.75, 3.05) is 6.54 Å². The molecule has 1 amide bonds. The van der Waals surface area contributed by atoms with Crippen LogP contribution in [0, 0.1) is 12.7 Å². The predicted molar refractivity (Wildman–Crippen MR) is 120 cm³/mol. The molecule has 0 aromatic heterocycles. The molecule has 6 heteroatoms. The lowest BCUT2D eigenvalue weighted by molar-refractivity contribution is 0.0402. The fourth-order valence-corrected chi connectivity index (χ4v) is 3.92. The highest BCUT2D eigenvalue weighted by molar-refractivity contribution is 6.30. The van der Waals surface area contributed by atoms with E-state index in [4.69, 9.17) is 16.4 Å². The van der Waals surface area contributed by atoms with Crippen molar-refractivity contribution >= 4 is 23.2 Å². The van der Waals surface area contributed by atoms with Crippen LogP contribution in [0.1, 0.15) is 33.5 Å². The quantitative estimate of drug-likeness (QED) is 0.503. The zero-order chi connectivity index (χ0) is 21.8. The average molecular weight is 437 g/mol. The molecule has 4 nitrogen and oxygen atoms in total. The van der Waals surface area contributed by atoms with Gasteiger partial charge in [0.25, 0.3) is 5.91 Å². The van der Waals surface area contributed by atoms with Gasteiger partial charge in [-0.15, -0.1) is 0 Å². The van der Waals surface area contributed by atoms with Crippen LogP contribution in [0.3, 0.4) is 0 Å². The molecule has 0 saturated heterocycles. The minimum Gasteiger partial charge on any atom is -0.390 e. The summed E-state index contributed by atoms with van der Waals surface area (Å²) in [4.78, 5) is 20.5. The normalized spacial score (nSPS) is 15.3. The van der Waals surface area contributed by atoms with Crippen LogP contribution in [0.5, 0.6) is 0 Å². The van der Waals surface area contributed by atoms with Gasteiger partial charge in [0, 0.05) is 23.6 Å². The van der Waals surface area contributed by atoms with Crippen LogP contribution in [0.4, 0.5) is 4.39 Å². The number of nitrogens with zero attached hydrogens (tertiary/aromatic N) is 2. The SMILES string of the molecule is Cc1ccccc1C1=NO[C@@H](CN(Cc2cccc(Cl)c2)C(=O)c2ccccc2F)C1. The van der Waals surface area contributed by atoms with Gasteiger partial charge in [-0.05, 0) is 42.3 Å². The van der Waals surface area contributed by atoms with Crippen molar-refractivity contribution in [3.05, 3.63) is 106 Å². The molecule has 1 aliphatic heterocycles. The number of halogens is 2. The third-order valence-electron chi connectivity index (χ3n) is 5.27. The summed E-state index contributed by atoms with van der Waals surface area (Å²) < 4.78 is 14.3.